The summed E-state index contributed by atoms with van der Waals surface area (Å²) in [5.74, 6) is 1.23. The molecule has 2 aromatic rings. The van der Waals surface area contributed by atoms with Gasteiger partial charge in [0, 0.05) is 6.20 Å². The van der Waals surface area contributed by atoms with E-state index in [-0.39, 0.29) is 5.91 Å². The molecule has 1 saturated heterocycles. The molecular weight excluding hydrogens is 380 g/mol. The highest BCUT2D eigenvalue weighted by Gasteiger charge is 2.33. The zero-order chi connectivity index (χ0) is 19.2. The molecule has 1 aliphatic rings. The second-order valence-electron chi connectivity index (χ2n) is 5.72. The maximum atomic E-state index is 12.8. The molecule has 2 heterocycles. The largest absolute Gasteiger partial charge is 0.490 e. The number of ether oxygens (including phenoxy) is 2. The number of pyridine rings is 1. The Hall–Kier alpha value is -2.38. The van der Waals surface area contributed by atoms with Gasteiger partial charge in [-0.1, -0.05) is 37.0 Å². The van der Waals surface area contributed by atoms with E-state index in [1.54, 1.807) is 18.5 Å². The Balaban J connectivity index is 1.87. The van der Waals surface area contributed by atoms with Gasteiger partial charge < -0.3 is 9.47 Å². The number of nitrogens with zero attached hydrogens (tertiary/aromatic N) is 2. The van der Waals surface area contributed by atoms with Crippen LogP contribution in [0.5, 0.6) is 11.5 Å². The molecular formula is C20H20N2O3S2. The fourth-order valence-electron chi connectivity index (χ4n) is 2.54. The second kappa shape index (κ2) is 9.01. The number of thioether (sulfide) groups is 1. The van der Waals surface area contributed by atoms with Crippen LogP contribution in [0.3, 0.4) is 0 Å². The lowest BCUT2D eigenvalue weighted by atomic mass is 10.2. The summed E-state index contributed by atoms with van der Waals surface area (Å²) in [6.45, 7) is 5.15. The van der Waals surface area contributed by atoms with E-state index in [4.69, 9.17) is 21.7 Å². The average molecular weight is 401 g/mol. The molecule has 0 bridgehead atoms. The molecule has 0 spiro atoms. The van der Waals surface area contributed by atoms with E-state index in [0.29, 0.717) is 39.6 Å². The van der Waals surface area contributed by atoms with Gasteiger partial charge in [0.2, 0.25) is 0 Å². The maximum absolute atomic E-state index is 12.8. The maximum Gasteiger partial charge on any atom is 0.270 e. The highest BCUT2D eigenvalue weighted by molar-refractivity contribution is 8.27. The van der Waals surface area contributed by atoms with E-state index in [2.05, 4.69) is 11.9 Å². The first-order valence-electron chi connectivity index (χ1n) is 8.71. The number of thiocarbonyl (C=S) groups is 1. The van der Waals surface area contributed by atoms with E-state index in [1.807, 2.05) is 37.3 Å². The minimum atomic E-state index is -0.151. The zero-order valence-electron chi connectivity index (χ0n) is 15.2. The standard InChI is InChI=1S/C20H20N2O3S2/c1-3-10-25-16-8-7-14(11-17(16)24-4-2)12-18-19(23)22(20(26)27-18)15-6-5-9-21-13-15/h5-9,11-13H,3-4,10H2,1-2H3/b18-12-. The van der Waals surface area contributed by atoms with Gasteiger partial charge in [-0.2, -0.15) is 0 Å². The summed E-state index contributed by atoms with van der Waals surface area (Å²) in [6, 6.07) is 9.25. The normalized spacial score (nSPS) is 15.5. The first-order valence-corrected chi connectivity index (χ1v) is 9.94. The van der Waals surface area contributed by atoms with Crippen LogP contribution in [0.25, 0.3) is 6.08 Å². The van der Waals surface area contributed by atoms with Crippen molar-refractivity contribution in [3.8, 4) is 11.5 Å². The Labute approximate surface area is 168 Å². The number of benzene rings is 1. The lowest BCUT2D eigenvalue weighted by molar-refractivity contribution is -0.113. The molecule has 3 rings (SSSR count). The smallest absolute Gasteiger partial charge is 0.270 e. The molecule has 1 fully saturated rings. The first kappa shape index (κ1) is 19.4. The fraction of sp³-hybridized carbons (Fsp3) is 0.250. The summed E-state index contributed by atoms with van der Waals surface area (Å²) in [5.41, 5.74) is 1.52. The van der Waals surface area contributed by atoms with Crippen LogP contribution in [-0.2, 0) is 4.79 Å². The third-order valence-electron chi connectivity index (χ3n) is 3.72. The van der Waals surface area contributed by atoms with Crippen LogP contribution >= 0.6 is 24.0 Å². The molecule has 0 saturated carbocycles. The summed E-state index contributed by atoms with van der Waals surface area (Å²) in [6.07, 6.45) is 6.03. The minimum Gasteiger partial charge on any atom is -0.490 e. The SMILES string of the molecule is CCCOc1ccc(/C=C2\SC(=S)N(c3cccnc3)C2=O)cc1OCC. The number of amides is 1. The van der Waals surface area contributed by atoms with Crippen molar-refractivity contribution in [3.05, 3.63) is 53.2 Å². The summed E-state index contributed by atoms with van der Waals surface area (Å²) in [5, 5.41) is 0. The Kier molecular flexibility index (Phi) is 6.47. The number of rotatable bonds is 7. The van der Waals surface area contributed by atoms with E-state index < -0.39 is 0 Å². The van der Waals surface area contributed by atoms with Gasteiger partial charge in [0.05, 0.1) is 30.0 Å². The van der Waals surface area contributed by atoms with Crippen molar-refractivity contribution in [1.29, 1.82) is 0 Å². The van der Waals surface area contributed by atoms with Crippen LogP contribution in [0.15, 0.2) is 47.6 Å². The van der Waals surface area contributed by atoms with Crippen molar-refractivity contribution in [2.45, 2.75) is 20.3 Å². The van der Waals surface area contributed by atoms with Crippen LogP contribution in [-0.4, -0.2) is 28.4 Å². The Morgan fingerprint density at radius 1 is 1.22 bits per heavy atom. The summed E-state index contributed by atoms with van der Waals surface area (Å²) >= 11 is 6.66. The first-order chi connectivity index (χ1) is 13.1. The van der Waals surface area contributed by atoms with Gasteiger partial charge >= 0.3 is 0 Å². The van der Waals surface area contributed by atoms with E-state index in [0.717, 1.165) is 12.0 Å². The summed E-state index contributed by atoms with van der Waals surface area (Å²) < 4.78 is 11.9. The predicted octanol–water partition coefficient (Wildman–Crippen LogP) is 4.67. The molecule has 27 heavy (non-hydrogen) atoms. The molecule has 0 N–H and O–H groups in total. The van der Waals surface area contributed by atoms with Gasteiger partial charge in [0.15, 0.2) is 15.8 Å². The van der Waals surface area contributed by atoms with Crippen LogP contribution in [0.4, 0.5) is 5.69 Å². The van der Waals surface area contributed by atoms with Gasteiger partial charge in [-0.05, 0) is 49.2 Å². The van der Waals surface area contributed by atoms with Gasteiger partial charge in [-0.3, -0.25) is 14.7 Å². The highest BCUT2D eigenvalue weighted by atomic mass is 32.2. The van der Waals surface area contributed by atoms with Gasteiger partial charge in [-0.15, -0.1) is 0 Å². The summed E-state index contributed by atoms with van der Waals surface area (Å²) in [7, 11) is 0. The third kappa shape index (κ3) is 4.48. The molecule has 1 aliphatic heterocycles. The predicted molar refractivity (Wildman–Crippen MR) is 113 cm³/mol. The van der Waals surface area contributed by atoms with Crippen molar-refractivity contribution in [2.24, 2.45) is 0 Å². The number of aromatic nitrogens is 1. The number of carbonyl (C=O) groups is 1. The van der Waals surface area contributed by atoms with Crippen molar-refractivity contribution >= 4 is 46.0 Å². The quantitative estimate of drug-likeness (QED) is 0.497. The van der Waals surface area contributed by atoms with Gasteiger partial charge in [-0.25, -0.2) is 0 Å². The molecule has 1 aromatic carbocycles. The molecule has 0 unspecified atom stereocenters. The van der Waals surface area contributed by atoms with Crippen molar-refractivity contribution < 1.29 is 14.3 Å². The van der Waals surface area contributed by atoms with Crippen molar-refractivity contribution in [1.82, 2.24) is 4.98 Å². The highest BCUT2D eigenvalue weighted by Crippen LogP contribution is 2.37. The lowest BCUT2D eigenvalue weighted by Gasteiger charge is -2.13. The van der Waals surface area contributed by atoms with Crippen LogP contribution in [0.2, 0.25) is 0 Å². The van der Waals surface area contributed by atoms with Gasteiger partial charge in [0.1, 0.15) is 0 Å². The Morgan fingerprint density at radius 3 is 2.78 bits per heavy atom. The Bertz CT molecular complexity index is 869. The zero-order valence-corrected chi connectivity index (χ0v) is 16.8. The van der Waals surface area contributed by atoms with E-state index in [9.17, 15) is 4.79 Å². The molecule has 5 nitrogen and oxygen atoms in total. The number of hydrogen-bond acceptors (Lipinski definition) is 6. The van der Waals surface area contributed by atoms with E-state index in [1.165, 1.54) is 16.7 Å². The van der Waals surface area contributed by atoms with Crippen LogP contribution < -0.4 is 14.4 Å². The van der Waals surface area contributed by atoms with Crippen molar-refractivity contribution in [3.63, 3.8) is 0 Å². The molecule has 1 aromatic heterocycles. The minimum absolute atomic E-state index is 0.151. The third-order valence-corrected chi connectivity index (χ3v) is 5.03. The molecule has 1 amide bonds. The van der Waals surface area contributed by atoms with Crippen LogP contribution in [0.1, 0.15) is 25.8 Å². The second-order valence-corrected chi connectivity index (χ2v) is 7.39. The molecule has 0 atom stereocenters. The van der Waals surface area contributed by atoms with Crippen LogP contribution in [0, 0.1) is 0 Å². The topological polar surface area (TPSA) is 51.7 Å². The van der Waals surface area contributed by atoms with E-state index >= 15 is 0 Å². The molecule has 140 valence electrons. The fourth-order valence-corrected chi connectivity index (χ4v) is 3.84. The monoisotopic (exact) mass is 400 g/mol. The number of carbonyl (C=O) groups excluding carboxylic acids is 1. The number of hydrogen-bond donors (Lipinski definition) is 0. The molecule has 7 heteroatoms. The molecule has 0 radical (unpaired) electrons. The van der Waals surface area contributed by atoms with Crippen molar-refractivity contribution in [2.75, 3.05) is 18.1 Å². The number of anilines is 1. The molecule has 0 aliphatic carbocycles. The Morgan fingerprint density at radius 2 is 2.07 bits per heavy atom. The average Bonchev–Trinajstić information content (AvgIpc) is 2.95. The summed E-state index contributed by atoms with van der Waals surface area (Å²) in [4.78, 5) is 18.9. The lowest BCUT2D eigenvalue weighted by Crippen LogP contribution is -2.27. The van der Waals surface area contributed by atoms with Gasteiger partial charge in [0.25, 0.3) is 5.91 Å².